The Kier molecular flexibility index (Phi) is 4.93. The number of rotatable bonds is 3. The number of thioether (sulfide) groups is 1. The average molecular weight is 327 g/mol. The van der Waals surface area contributed by atoms with Gasteiger partial charge in [0.1, 0.15) is 6.04 Å². The molecule has 5 nitrogen and oxygen atoms in total. The molecule has 0 bridgehead atoms. The molecule has 1 saturated heterocycles. The van der Waals surface area contributed by atoms with Crippen LogP contribution in [0.25, 0.3) is 0 Å². The summed E-state index contributed by atoms with van der Waals surface area (Å²) in [5.41, 5.74) is 0.403. The van der Waals surface area contributed by atoms with Crippen LogP contribution in [0.4, 0.5) is 0 Å². The first-order chi connectivity index (χ1) is 9.79. The molecule has 0 aromatic carbocycles. The van der Waals surface area contributed by atoms with Crippen LogP contribution in [0, 0.1) is 12.3 Å². The monoisotopic (exact) mass is 327 g/mol. The molecule has 7 heteroatoms. The molecule has 0 radical (unpaired) electrons. The lowest BCUT2D eigenvalue weighted by Crippen LogP contribution is -2.50. The molecule has 1 atom stereocenters. The first kappa shape index (κ1) is 16.3. The van der Waals surface area contributed by atoms with Crippen LogP contribution in [0.15, 0.2) is 5.38 Å². The Balaban J connectivity index is 1.96. The van der Waals surface area contributed by atoms with Gasteiger partial charge in [0.05, 0.1) is 23.1 Å². The van der Waals surface area contributed by atoms with Crippen molar-refractivity contribution in [3.8, 4) is 0 Å². The quantitative estimate of drug-likeness (QED) is 0.922. The van der Waals surface area contributed by atoms with E-state index in [9.17, 15) is 9.59 Å². The summed E-state index contributed by atoms with van der Waals surface area (Å²) in [6, 6.07) is -0.374. The lowest BCUT2D eigenvalue weighted by atomic mass is 9.94. The highest BCUT2D eigenvalue weighted by molar-refractivity contribution is 7.99. The molecule has 1 aliphatic rings. The summed E-state index contributed by atoms with van der Waals surface area (Å²) in [5.74, 6) is 1.17. The Morgan fingerprint density at radius 1 is 1.48 bits per heavy atom. The van der Waals surface area contributed by atoms with Crippen molar-refractivity contribution < 1.29 is 9.59 Å². The van der Waals surface area contributed by atoms with Gasteiger partial charge >= 0.3 is 0 Å². The molecule has 2 amide bonds. The molecule has 1 aromatic heterocycles. The summed E-state index contributed by atoms with van der Waals surface area (Å²) in [6.45, 7) is 8.00. The molecular formula is C14H21N3O2S2. The molecule has 1 N–H and O–H groups in total. The van der Waals surface area contributed by atoms with Crippen molar-refractivity contribution in [1.82, 2.24) is 15.2 Å². The molecule has 116 valence electrons. The van der Waals surface area contributed by atoms with Gasteiger partial charge in [-0.15, -0.1) is 23.1 Å². The van der Waals surface area contributed by atoms with Crippen molar-refractivity contribution >= 4 is 34.9 Å². The van der Waals surface area contributed by atoms with E-state index in [1.54, 1.807) is 28.0 Å². The molecule has 1 aromatic rings. The van der Waals surface area contributed by atoms with Gasteiger partial charge in [-0.05, 0) is 6.92 Å². The van der Waals surface area contributed by atoms with E-state index in [4.69, 9.17) is 0 Å². The van der Waals surface area contributed by atoms with Crippen LogP contribution in [0.2, 0.25) is 0 Å². The fraction of sp³-hybridized carbons (Fsp3) is 0.643. The van der Waals surface area contributed by atoms with Gasteiger partial charge in [-0.1, -0.05) is 20.8 Å². The summed E-state index contributed by atoms with van der Waals surface area (Å²) in [7, 11) is 0. The van der Waals surface area contributed by atoms with Crippen LogP contribution in [0.3, 0.4) is 0 Å². The maximum Gasteiger partial charge on any atom is 0.244 e. The van der Waals surface area contributed by atoms with Gasteiger partial charge in [0.25, 0.3) is 0 Å². The van der Waals surface area contributed by atoms with Crippen molar-refractivity contribution in [1.29, 1.82) is 0 Å². The molecular weight excluding hydrogens is 306 g/mol. The van der Waals surface area contributed by atoms with Gasteiger partial charge < -0.3 is 10.2 Å². The van der Waals surface area contributed by atoms with Crippen LogP contribution in [0.5, 0.6) is 0 Å². The smallest absolute Gasteiger partial charge is 0.244 e. The molecule has 1 fully saturated rings. The number of nitrogens with one attached hydrogen (secondary N) is 1. The summed E-state index contributed by atoms with van der Waals surface area (Å²) in [6.07, 6.45) is 0. The maximum absolute atomic E-state index is 12.4. The second kappa shape index (κ2) is 6.36. The summed E-state index contributed by atoms with van der Waals surface area (Å²) < 4.78 is 0. The largest absolute Gasteiger partial charge is 0.349 e. The number of aryl methyl sites for hydroxylation is 1. The third-order valence-electron chi connectivity index (χ3n) is 3.20. The molecule has 0 saturated carbocycles. The Labute approximate surface area is 133 Å². The zero-order valence-electron chi connectivity index (χ0n) is 12.8. The summed E-state index contributed by atoms with van der Waals surface area (Å²) in [4.78, 5) is 30.7. The Bertz CT molecular complexity index is 537. The van der Waals surface area contributed by atoms with Crippen molar-refractivity contribution in [2.75, 3.05) is 11.6 Å². The molecule has 2 heterocycles. The predicted octanol–water partition coefficient (Wildman–Crippen LogP) is 2.02. The molecule has 21 heavy (non-hydrogen) atoms. The molecule has 0 spiro atoms. The van der Waals surface area contributed by atoms with Crippen LogP contribution >= 0.6 is 23.1 Å². The van der Waals surface area contributed by atoms with Crippen LogP contribution in [0.1, 0.15) is 31.5 Å². The van der Waals surface area contributed by atoms with Gasteiger partial charge in [0.15, 0.2) is 0 Å². The van der Waals surface area contributed by atoms with Crippen molar-refractivity contribution in [2.24, 2.45) is 5.41 Å². The lowest BCUT2D eigenvalue weighted by Gasteiger charge is -2.29. The van der Waals surface area contributed by atoms with E-state index < -0.39 is 5.41 Å². The Morgan fingerprint density at radius 3 is 2.76 bits per heavy atom. The van der Waals surface area contributed by atoms with E-state index >= 15 is 0 Å². The molecule has 0 aliphatic carbocycles. The van der Waals surface area contributed by atoms with Gasteiger partial charge in [0, 0.05) is 16.5 Å². The molecule has 0 unspecified atom stereocenters. The minimum atomic E-state index is -0.463. The fourth-order valence-corrected chi connectivity index (χ4v) is 3.84. The van der Waals surface area contributed by atoms with Crippen molar-refractivity contribution in [3.63, 3.8) is 0 Å². The molecule has 1 aliphatic heterocycles. The van der Waals surface area contributed by atoms with Gasteiger partial charge in [-0.25, -0.2) is 4.98 Å². The van der Waals surface area contributed by atoms with E-state index in [2.05, 4.69) is 10.3 Å². The minimum absolute atomic E-state index is 0.0251. The number of amides is 2. The zero-order chi connectivity index (χ0) is 15.6. The maximum atomic E-state index is 12.4. The van der Waals surface area contributed by atoms with Crippen molar-refractivity contribution in [3.05, 3.63) is 16.1 Å². The minimum Gasteiger partial charge on any atom is -0.349 e. The number of hydrogen-bond acceptors (Lipinski definition) is 5. The highest BCUT2D eigenvalue weighted by Crippen LogP contribution is 2.27. The average Bonchev–Trinajstić information content (AvgIpc) is 3.02. The van der Waals surface area contributed by atoms with Gasteiger partial charge in [-0.2, -0.15) is 0 Å². The number of thiazole rings is 1. The van der Waals surface area contributed by atoms with E-state index in [0.29, 0.717) is 18.2 Å². The normalized spacial score (nSPS) is 18.9. The Hall–Kier alpha value is -1.08. The number of aromatic nitrogens is 1. The zero-order valence-corrected chi connectivity index (χ0v) is 14.4. The molecule has 2 rings (SSSR count). The highest BCUT2D eigenvalue weighted by atomic mass is 32.2. The predicted molar refractivity (Wildman–Crippen MR) is 86.1 cm³/mol. The second-order valence-electron chi connectivity index (χ2n) is 6.12. The van der Waals surface area contributed by atoms with Crippen LogP contribution < -0.4 is 5.32 Å². The standard InChI is InChI=1S/C14H21N3O2S2/c1-9-16-10(6-21-9)5-15-12(18)11-7-20-8-17(11)13(19)14(2,3)4/h6,11H,5,7-8H2,1-4H3,(H,15,18)/t11-/m1/s1. The lowest BCUT2D eigenvalue weighted by molar-refractivity contribution is -0.144. The third kappa shape index (κ3) is 3.97. The Morgan fingerprint density at radius 2 is 2.19 bits per heavy atom. The second-order valence-corrected chi connectivity index (χ2v) is 8.18. The van der Waals surface area contributed by atoms with Crippen LogP contribution in [-0.2, 0) is 16.1 Å². The number of carbonyl (C=O) groups is 2. The summed E-state index contributed by atoms with van der Waals surface area (Å²) in [5, 5.41) is 5.82. The van der Waals surface area contributed by atoms with E-state index in [1.165, 1.54) is 0 Å². The number of carbonyl (C=O) groups excluding carboxylic acids is 2. The fourth-order valence-electron chi connectivity index (χ4n) is 2.08. The van der Waals surface area contributed by atoms with E-state index in [0.717, 1.165) is 10.7 Å². The highest BCUT2D eigenvalue weighted by Gasteiger charge is 2.38. The van der Waals surface area contributed by atoms with Gasteiger partial charge in [0.2, 0.25) is 11.8 Å². The van der Waals surface area contributed by atoms with Crippen LogP contribution in [-0.4, -0.2) is 39.4 Å². The van der Waals surface area contributed by atoms with E-state index in [-0.39, 0.29) is 17.9 Å². The SMILES string of the molecule is Cc1nc(CNC(=O)[C@H]2CSCN2C(=O)C(C)(C)C)cs1. The van der Waals surface area contributed by atoms with Gasteiger partial charge in [-0.3, -0.25) is 9.59 Å². The van der Waals surface area contributed by atoms with Crippen molar-refractivity contribution in [2.45, 2.75) is 40.3 Å². The first-order valence-electron chi connectivity index (χ1n) is 6.86. The third-order valence-corrected chi connectivity index (χ3v) is 5.03. The number of hydrogen-bond donors (Lipinski definition) is 1. The summed E-state index contributed by atoms with van der Waals surface area (Å²) >= 11 is 3.19. The number of nitrogens with zero attached hydrogens (tertiary/aromatic N) is 2. The first-order valence-corrected chi connectivity index (χ1v) is 8.90. The topological polar surface area (TPSA) is 62.3 Å². The van der Waals surface area contributed by atoms with E-state index in [1.807, 2.05) is 33.1 Å².